The van der Waals surface area contributed by atoms with Gasteiger partial charge in [-0.15, -0.1) is 0 Å². The van der Waals surface area contributed by atoms with Crippen molar-refractivity contribution in [1.82, 2.24) is 10.0 Å². The van der Waals surface area contributed by atoms with Gasteiger partial charge >= 0.3 is 5.54 Å². The number of hydrogen-bond acceptors (Lipinski definition) is 5. The molecule has 2 saturated heterocycles. The molecule has 3 aliphatic heterocycles. The first-order valence-electron chi connectivity index (χ1n) is 10.7. The van der Waals surface area contributed by atoms with Crippen molar-refractivity contribution >= 4 is 5.91 Å². The highest BCUT2D eigenvalue weighted by atomic mass is 16.6. The van der Waals surface area contributed by atoms with Gasteiger partial charge in [-0.05, 0) is 17.2 Å². The molecule has 0 radical (unpaired) electrons. The highest BCUT2D eigenvalue weighted by molar-refractivity contribution is 5.79. The first-order chi connectivity index (χ1) is 15.6. The SMILES string of the molecule is O=C1CCN2[C@@H](c3ccccc3)[C@]3([N+](=O)[O-])[C@@H](c4ccccc4)Oc4ccccc4[C@@H]3N12. The molecule has 3 aliphatic rings. The molecule has 2 fully saturated rings. The fraction of sp³-hybridized carbons (Fsp3) is 0.240. The molecule has 0 aliphatic carbocycles. The van der Waals surface area contributed by atoms with E-state index in [4.69, 9.17) is 4.74 Å². The third kappa shape index (κ3) is 2.37. The van der Waals surface area contributed by atoms with Crippen molar-refractivity contribution in [1.29, 1.82) is 0 Å². The van der Waals surface area contributed by atoms with Gasteiger partial charge in [0.1, 0.15) is 11.8 Å². The number of carbonyl (C=O) groups excluding carboxylic acids is 1. The van der Waals surface area contributed by atoms with Crippen molar-refractivity contribution in [2.75, 3.05) is 6.54 Å². The summed E-state index contributed by atoms with van der Waals surface area (Å²) < 4.78 is 6.44. The molecule has 7 heteroatoms. The Labute approximate surface area is 185 Å². The van der Waals surface area contributed by atoms with Crippen molar-refractivity contribution in [3.05, 3.63) is 112 Å². The second kappa shape index (κ2) is 6.90. The third-order valence-corrected chi connectivity index (χ3v) is 6.92. The minimum atomic E-state index is -1.62. The maximum atomic E-state index is 13.2. The Bertz CT molecular complexity index is 1200. The predicted octanol–water partition coefficient (Wildman–Crippen LogP) is 4.08. The molecule has 1 amide bonds. The Morgan fingerprint density at radius 3 is 2.19 bits per heavy atom. The van der Waals surface area contributed by atoms with Gasteiger partial charge in [-0.1, -0.05) is 78.9 Å². The summed E-state index contributed by atoms with van der Waals surface area (Å²) in [5.41, 5.74) is 0.581. The quantitative estimate of drug-likeness (QED) is 0.465. The van der Waals surface area contributed by atoms with E-state index >= 15 is 0 Å². The van der Waals surface area contributed by atoms with Crippen LogP contribution in [0.3, 0.4) is 0 Å². The summed E-state index contributed by atoms with van der Waals surface area (Å²) in [6.45, 7) is 0.439. The number of benzene rings is 3. The summed E-state index contributed by atoms with van der Waals surface area (Å²) in [5, 5.41) is 16.8. The lowest BCUT2D eigenvalue weighted by Crippen LogP contribution is -2.56. The van der Waals surface area contributed by atoms with Crippen LogP contribution in [-0.4, -0.2) is 32.9 Å². The molecule has 0 unspecified atom stereocenters. The summed E-state index contributed by atoms with van der Waals surface area (Å²) in [6.07, 6.45) is -0.533. The van der Waals surface area contributed by atoms with Gasteiger partial charge in [-0.3, -0.25) is 19.9 Å². The number of carbonyl (C=O) groups is 1. The molecular formula is C25H21N3O4. The fourth-order valence-corrected chi connectivity index (χ4v) is 5.74. The van der Waals surface area contributed by atoms with E-state index in [1.807, 2.05) is 89.9 Å². The topological polar surface area (TPSA) is 75.9 Å². The van der Waals surface area contributed by atoms with Crippen LogP contribution in [0.15, 0.2) is 84.9 Å². The summed E-state index contributed by atoms with van der Waals surface area (Å²) in [5.74, 6) is 0.486. The number of hydrogen-bond donors (Lipinski definition) is 0. The lowest BCUT2D eigenvalue weighted by Gasteiger charge is -2.42. The lowest BCUT2D eigenvalue weighted by atomic mass is 9.70. The number of ether oxygens (including phenoxy) is 1. The molecule has 3 aromatic rings. The van der Waals surface area contributed by atoms with Crippen LogP contribution in [0.25, 0.3) is 0 Å². The molecule has 0 spiro atoms. The van der Waals surface area contributed by atoms with Crippen LogP contribution in [-0.2, 0) is 4.79 Å². The Hall–Kier alpha value is -3.71. The van der Waals surface area contributed by atoms with Crippen LogP contribution in [0.1, 0.15) is 41.3 Å². The van der Waals surface area contributed by atoms with E-state index in [1.165, 1.54) is 0 Å². The Morgan fingerprint density at radius 1 is 0.875 bits per heavy atom. The zero-order chi connectivity index (χ0) is 21.9. The minimum Gasteiger partial charge on any atom is -0.478 e. The van der Waals surface area contributed by atoms with E-state index < -0.39 is 23.7 Å². The molecule has 7 nitrogen and oxygen atoms in total. The fourth-order valence-electron chi connectivity index (χ4n) is 5.74. The van der Waals surface area contributed by atoms with Gasteiger partial charge in [-0.25, -0.2) is 5.01 Å². The standard InChI is InChI=1S/C25H21N3O4/c29-21-15-16-26-22(17-9-3-1-4-10-17)25(28(30)31)23(27(21)26)19-13-7-8-14-20(19)32-24(25)18-11-5-2-6-12-18/h1-14,22-24H,15-16H2/t22-,23-,24+,25+/m0/s1. The van der Waals surface area contributed by atoms with Crippen LogP contribution in [0.2, 0.25) is 0 Å². The average molecular weight is 427 g/mol. The third-order valence-electron chi connectivity index (χ3n) is 6.92. The smallest absolute Gasteiger partial charge is 0.309 e. The second-order valence-corrected chi connectivity index (χ2v) is 8.46. The molecular weight excluding hydrogens is 406 g/mol. The van der Waals surface area contributed by atoms with Crippen molar-refractivity contribution < 1.29 is 14.5 Å². The normalized spacial score (nSPS) is 28.6. The van der Waals surface area contributed by atoms with Crippen LogP contribution >= 0.6 is 0 Å². The van der Waals surface area contributed by atoms with Crippen molar-refractivity contribution in [2.45, 2.75) is 30.1 Å². The number of rotatable bonds is 3. The van der Waals surface area contributed by atoms with Gasteiger partial charge in [0.25, 0.3) is 0 Å². The number of fused-ring (bicyclic) bond motifs is 5. The van der Waals surface area contributed by atoms with Gasteiger partial charge < -0.3 is 4.74 Å². The Kier molecular flexibility index (Phi) is 4.10. The van der Waals surface area contributed by atoms with Gasteiger partial charge in [0.05, 0.1) is 0 Å². The zero-order valence-corrected chi connectivity index (χ0v) is 17.2. The highest BCUT2D eigenvalue weighted by Gasteiger charge is 2.77. The largest absolute Gasteiger partial charge is 0.478 e. The van der Waals surface area contributed by atoms with E-state index in [-0.39, 0.29) is 10.8 Å². The summed E-state index contributed by atoms with van der Waals surface area (Å²) >= 11 is 0. The van der Waals surface area contributed by atoms with Crippen LogP contribution in [0, 0.1) is 10.1 Å². The van der Waals surface area contributed by atoms with E-state index in [1.54, 1.807) is 5.01 Å². The van der Waals surface area contributed by atoms with Gasteiger partial charge in [0.15, 0.2) is 12.1 Å². The van der Waals surface area contributed by atoms with Crippen LogP contribution in [0.5, 0.6) is 5.75 Å². The maximum Gasteiger partial charge on any atom is 0.309 e. The first kappa shape index (κ1) is 19.0. The second-order valence-electron chi connectivity index (χ2n) is 8.46. The average Bonchev–Trinajstić information content (AvgIpc) is 3.35. The van der Waals surface area contributed by atoms with Crippen LogP contribution < -0.4 is 4.74 Å². The molecule has 0 bridgehead atoms. The molecule has 3 heterocycles. The molecule has 0 saturated carbocycles. The molecule has 3 aromatic carbocycles. The number of nitrogens with zero attached hydrogens (tertiary/aromatic N) is 3. The summed E-state index contributed by atoms with van der Waals surface area (Å²) in [7, 11) is 0. The molecule has 4 atom stereocenters. The number of para-hydroxylation sites is 1. The first-order valence-corrected chi connectivity index (χ1v) is 10.7. The van der Waals surface area contributed by atoms with E-state index in [2.05, 4.69) is 0 Å². The minimum absolute atomic E-state index is 0.0943. The van der Waals surface area contributed by atoms with Crippen molar-refractivity contribution in [3.63, 3.8) is 0 Å². The van der Waals surface area contributed by atoms with Crippen LogP contribution in [0.4, 0.5) is 0 Å². The summed E-state index contributed by atoms with van der Waals surface area (Å²) in [4.78, 5) is 26.2. The molecule has 32 heavy (non-hydrogen) atoms. The summed E-state index contributed by atoms with van der Waals surface area (Å²) in [6, 6.07) is 24.7. The molecule has 6 rings (SSSR count). The number of hydrazine groups is 1. The predicted molar refractivity (Wildman–Crippen MR) is 116 cm³/mol. The molecule has 160 valence electrons. The monoisotopic (exact) mass is 427 g/mol. The van der Waals surface area contributed by atoms with Gasteiger partial charge in [0, 0.05) is 23.5 Å². The Morgan fingerprint density at radius 2 is 1.50 bits per heavy atom. The molecule has 0 aromatic heterocycles. The van der Waals surface area contributed by atoms with E-state index in [9.17, 15) is 14.9 Å². The van der Waals surface area contributed by atoms with Gasteiger partial charge in [0.2, 0.25) is 5.91 Å². The number of amides is 1. The van der Waals surface area contributed by atoms with Gasteiger partial charge in [-0.2, -0.15) is 0 Å². The van der Waals surface area contributed by atoms with Crippen molar-refractivity contribution in [3.8, 4) is 5.75 Å². The molecule has 0 N–H and O–H groups in total. The van der Waals surface area contributed by atoms with E-state index in [0.717, 1.165) is 11.1 Å². The Balaban J connectivity index is 1.69. The van der Waals surface area contributed by atoms with E-state index in [0.29, 0.717) is 24.3 Å². The highest BCUT2D eigenvalue weighted by Crippen LogP contribution is 2.63. The maximum absolute atomic E-state index is 13.2. The van der Waals surface area contributed by atoms with Crippen molar-refractivity contribution in [2.24, 2.45) is 0 Å². The zero-order valence-electron chi connectivity index (χ0n) is 17.2. The lowest BCUT2D eigenvalue weighted by molar-refractivity contribution is -0.594. The number of nitro groups is 1.